The van der Waals surface area contributed by atoms with Crippen LogP contribution in [0.25, 0.3) is 0 Å². The zero-order valence-electron chi connectivity index (χ0n) is 13.7. The fraction of sp³-hybridized carbons (Fsp3) is 0.471. The number of aromatic nitrogens is 2. The highest BCUT2D eigenvalue weighted by molar-refractivity contribution is 5.79. The van der Waals surface area contributed by atoms with Crippen molar-refractivity contribution in [2.75, 3.05) is 13.3 Å². The van der Waals surface area contributed by atoms with Crippen LogP contribution in [0.5, 0.6) is 11.5 Å². The lowest BCUT2D eigenvalue weighted by molar-refractivity contribution is -0.128. The lowest BCUT2D eigenvalue weighted by Gasteiger charge is -2.16. The van der Waals surface area contributed by atoms with Gasteiger partial charge in [0.2, 0.25) is 18.6 Å². The van der Waals surface area contributed by atoms with E-state index in [1.807, 2.05) is 36.9 Å². The third-order valence-corrected chi connectivity index (χ3v) is 4.35. The number of carbonyl (C=O) groups excluding carboxylic acids is 1. The topological polar surface area (TPSA) is 77.7 Å². The summed E-state index contributed by atoms with van der Waals surface area (Å²) in [6.45, 7) is 5.41. The van der Waals surface area contributed by atoms with Crippen molar-refractivity contribution in [3.05, 3.63) is 35.5 Å². The Morgan fingerprint density at radius 2 is 2.12 bits per heavy atom. The molecule has 7 nitrogen and oxygen atoms in total. The Kier molecular flexibility index (Phi) is 3.63. The molecule has 0 saturated carbocycles. The van der Waals surface area contributed by atoms with Crippen LogP contribution in [0.2, 0.25) is 0 Å². The number of nitrogens with zero attached hydrogens (tertiary/aromatic N) is 3. The Balaban J connectivity index is 1.46. The molecule has 0 bridgehead atoms. The van der Waals surface area contributed by atoms with Gasteiger partial charge in [-0.3, -0.25) is 4.79 Å². The fourth-order valence-corrected chi connectivity index (χ4v) is 3.00. The molecule has 0 spiro atoms. The number of rotatable bonds is 4. The normalized spacial score (nSPS) is 19.5. The Morgan fingerprint density at radius 1 is 1.29 bits per heavy atom. The van der Waals surface area contributed by atoms with Crippen LogP contribution in [0.1, 0.15) is 49.4 Å². The molecule has 2 aromatic rings. The van der Waals surface area contributed by atoms with E-state index in [1.54, 1.807) is 0 Å². The van der Waals surface area contributed by atoms with Crippen LogP contribution >= 0.6 is 0 Å². The Bertz CT molecular complexity index is 771. The molecule has 7 heteroatoms. The van der Waals surface area contributed by atoms with E-state index in [0.29, 0.717) is 31.2 Å². The highest BCUT2D eigenvalue weighted by Crippen LogP contribution is 2.34. The van der Waals surface area contributed by atoms with Gasteiger partial charge in [0.25, 0.3) is 0 Å². The molecule has 1 aromatic heterocycles. The number of benzene rings is 1. The van der Waals surface area contributed by atoms with E-state index in [2.05, 4.69) is 10.1 Å². The molecule has 1 amide bonds. The minimum absolute atomic E-state index is 0.0356. The van der Waals surface area contributed by atoms with Crippen molar-refractivity contribution < 1.29 is 18.8 Å². The molecule has 0 N–H and O–H groups in total. The van der Waals surface area contributed by atoms with Crippen LogP contribution in [0.4, 0.5) is 0 Å². The minimum atomic E-state index is -0.0356. The quantitative estimate of drug-likeness (QED) is 0.857. The van der Waals surface area contributed by atoms with Crippen LogP contribution in [-0.4, -0.2) is 34.3 Å². The van der Waals surface area contributed by atoms with Crippen LogP contribution in [0, 0.1) is 0 Å². The first kappa shape index (κ1) is 15.0. The number of hydrogen-bond donors (Lipinski definition) is 0. The average Bonchev–Trinajstić information content (AvgIpc) is 3.27. The smallest absolute Gasteiger partial charge is 0.232 e. The van der Waals surface area contributed by atoms with Crippen molar-refractivity contribution in [2.45, 2.75) is 38.6 Å². The monoisotopic (exact) mass is 329 g/mol. The molecule has 1 fully saturated rings. The second-order valence-corrected chi connectivity index (χ2v) is 6.51. The molecule has 1 atom stereocenters. The minimum Gasteiger partial charge on any atom is -0.454 e. The van der Waals surface area contributed by atoms with Crippen molar-refractivity contribution in [2.24, 2.45) is 0 Å². The van der Waals surface area contributed by atoms with Gasteiger partial charge in [-0.1, -0.05) is 25.1 Å². The van der Waals surface area contributed by atoms with Gasteiger partial charge in [-0.15, -0.1) is 0 Å². The average molecular weight is 329 g/mol. The number of carbonyl (C=O) groups is 1. The Labute approximate surface area is 139 Å². The van der Waals surface area contributed by atoms with Crippen LogP contribution in [-0.2, 0) is 11.3 Å². The van der Waals surface area contributed by atoms with Gasteiger partial charge in [-0.2, -0.15) is 4.98 Å². The molecule has 1 saturated heterocycles. The van der Waals surface area contributed by atoms with Gasteiger partial charge in [0.1, 0.15) is 0 Å². The highest BCUT2D eigenvalue weighted by atomic mass is 16.7. The summed E-state index contributed by atoms with van der Waals surface area (Å²) in [5.74, 6) is 3.00. The van der Waals surface area contributed by atoms with Crippen LogP contribution in [0.15, 0.2) is 22.7 Å². The number of hydrogen-bond acceptors (Lipinski definition) is 6. The van der Waals surface area contributed by atoms with Crippen molar-refractivity contribution in [1.82, 2.24) is 15.0 Å². The SMILES string of the molecule is CC(C)c1noc([C@@H]2CC(=O)N(Cc3ccc4c(c3)OCO4)C2)n1. The zero-order chi connectivity index (χ0) is 16.7. The van der Waals surface area contributed by atoms with E-state index in [4.69, 9.17) is 14.0 Å². The summed E-state index contributed by atoms with van der Waals surface area (Å²) in [6, 6.07) is 5.76. The summed E-state index contributed by atoms with van der Waals surface area (Å²) < 4.78 is 16.0. The Morgan fingerprint density at radius 3 is 2.92 bits per heavy atom. The largest absolute Gasteiger partial charge is 0.454 e. The zero-order valence-corrected chi connectivity index (χ0v) is 13.7. The van der Waals surface area contributed by atoms with Gasteiger partial charge in [-0.25, -0.2) is 0 Å². The molecule has 4 rings (SSSR count). The predicted octanol–water partition coefficient (Wildman–Crippen LogP) is 2.44. The molecule has 0 radical (unpaired) electrons. The molecular formula is C17H19N3O4. The standard InChI is InChI=1S/C17H19N3O4/c1-10(2)16-18-17(24-19-16)12-6-15(21)20(8-12)7-11-3-4-13-14(5-11)23-9-22-13/h3-5,10,12H,6-9H2,1-2H3/t12-/m1/s1. The maximum atomic E-state index is 12.3. The van der Waals surface area contributed by atoms with E-state index in [9.17, 15) is 4.79 Å². The lowest BCUT2D eigenvalue weighted by atomic mass is 10.1. The number of fused-ring (bicyclic) bond motifs is 1. The van der Waals surface area contributed by atoms with Crippen molar-refractivity contribution in [1.29, 1.82) is 0 Å². The Hall–Kier alpha value is -2.57. The van der Waals surface area contributed by atoms with Crippen LogP contribution < -0.4 is 9.47 Å². The summed E-state index contributed by atoms with van der Waals surface area (Å²) in [6.07, 6.45) is 0.407. The van der Waals surface area contributed by atoms with Crippen molar-refractivity contribution in [3.63, 3.8) is 0 Å². The lowest BCUT2D eigenvalue weighted by Crippen LogP contribution is -2.24. The molecule has 126 valence electrons. The van der Waals surface area contributed by atoms with E-state index in [0.717, 1.165) is 17.1 Å². The molecule has 0 aliphatic carbocycles. The van der Waals surface area contributed by atoms with Gasteiger partial charge in [-0.05, 0) is 17.7 Å². The first-order chi connectivity index (χ1) is 11.6. The number of amides is 1. The fourth-order valence-electron chi connectivity index (χ4n) is 3.00. The summed E-state index contributed by atoms with van der Waals surface area (Å²) >= 11 is 0. The maximum Gasteiger partial charge on any atom is 0.232 e. The maximum absolute atomic E-state index is 12.3. The number of ether oxygens (including phenoxy) is 2. The van der Waals surface area contributed by atoms with Gasteiger partial charge in [0.05, 0.1) is 5.92 Å². The molecule has 2 aliphatic rings. The van der Waals surface area contributed by atoms with Crippen molar-refractivity contribution >= 4 is 5.91 Å². The van der Waals surface area contributed by atoms with Gasteiger partial charge in [0, 0.05) is 25.4 Å². The first-order valence-electron chi connectivity index (χ1n) is 8.10. The summed E-state index contributed by atoms with van der Waals surface area (Å²) in [4.78, 5) is 18.6. The molecule has 0 unspecified atom stereocenters. The molecule has 3 heterocycles. The van der Waals surface area contributed by atoms with E-state index >= 15 is 0 Å². The van der Waals surface area contributed by atoms with Gasteiger partial charge in [0.15, 0.2) is 17.3 Å². The molecular weight excluding hydrogens is 310 g/mol. The van der Waals surface area contributed by atoms with E-state index < -0.39 is 0 Å². The third-order valence-electron chi connectivity index (χ3n) is 4.35. The second kappa shape index (κ2) is 5.81. The first-order valence-corrected chi connectivity index (χ1v) is 8.10. The van der Waals surface area contributed by atoms with Gasteiger partial charge >= 0.3 is 0 Å². The number of likely N-dealkylation sites (tertiary alicyclic amines) is 1. The van der Waals surface area contributed by atoms with Crippen molar-refractivity contribution in [3.8, 4) is 11.5 Å². The predicted molar refractivity (Wildman–Crippen MR) is 83.7 cm³/mol. The second-order valence-electron chi connectivity index (χ2n) is 6.51. The third kappa shape index (κ3) is 2.70. The van der Waals surface area contributed by atoms with Gasteiger partial charge < -0.3 is 18.9 Å². The van der Waals surface area contributed by atoms with Crippen LogP contribution in [0.3, 0.4) is 0 Å². The van der Waals surface area contributed by atoms with E-state index in [-0.39, 0.29) is 24.5 Å². The van der Waals surface area contributed by atoms with E-state index in [1.165, 1.54) is 0 Å². The molecule has 2 aliphatic heterocycles. The molecule has 24 heavy (non-hydrogen) atoms. The molecule has 1 aromatic carbocycles. The summed E-state index contributed by atoms with van der Waals surface area (Å²) in [5, 5.41) is 3.99. The highest BCUT2D eigenvalue weighted by Gasteiger charge is 2.34. The summed E-state index contributed by atoms with van der Waals surface area (Å²) in [7, 11) is 0. The summed E-state index contributed by atoms with van der Waals surface area (Å²) in [5.41, 5.74) is 1.02.